The van der Waals surface area contributed by atoms with Crippen molar-refractivity contribution in [3.8, 4) is 6.07 Å². The molecule has 1 heterocycles. The number of ether oxygens (including phenoxy) is 1. The van der Waals surface area contributed by atoms with E-state index in [1.165, 1.54) is 12.8 Å². The van der Waals surface area contributed by atoms with Crippen molar-refractivity contribution in [3.63, 3.8) is 0 Å². The minimum Gasteiger partial charge on any atom is -0.378 e. The Morgan fingerprint density at radius 3 is 2.94 bits per heavy atom. The van der Waals surface area contributed by atoms with Gasteiger partial charge in [-0.2, -0.15) is 5.26 Å². The molecular weight excluding hydrogens is 200 g/mol. The van der Waals surface area contributed by atoms with Gasteiger partial charge in [-0.05, 0) is 31.7 Å². The van der Waals surface area contributed by atoms with Crippen molar-refractivity contribution in [3.05, 3.63) is 0 Å². The fourth-order valence-corrected chi connectivity index (χ4v) is 2.42. The SMILES string of the molecule is CCCC1CC(C#N)(NCC2CC2)CCO1. The number of nitriles is 1. The van der Waals surface area contributed by atoms with Crippen LogP contribution in [0.25, 0.3) is 0 Å². The molecule has 2 rings (SSSR count). The van der Waals surface area contributed by atoms with Crippen LogP contribution in [0.3, 0.4) is 0 Å². The van der Waals surface area contributed by atoms with Crippen LogP contribution in [0, 0.1) is 17.2 Å². The molecule has 0 aromatic carbocycles. The van der Waals surface area contributed by atoms with Gasteiger partial charge in [0.25, 0.3) is 0 Å². The van der Waals surface area contributed by atoms with E-state index in [1.807, 2.05) is 0 Å². The van der Waals surface area contributed by atoms with E-state index in [2.05, 4.69) is 18.3 Å². The fourth-order valence-electron chi connectivity index (χ4n) is 2.42. The zero-order chi connectivity index (χ0) is 11.4. The van der Waals surface area contributed by atoms with Crippen molar-refractivity contribution in [2.24, 2.45) is 5.92 Å². The summed E-state index contributed by atoms with van der Waals surface area (Å²) in [5.74, 6) is 0.831. The van der Waals surface area contributed by atoms with Gasteiger partial charge in [-0.3, -0.25) is 5.32 Å². The molecule has 2 unspecified atom stereocenters. The van der Waals surface area contributed by atoms with Gasteiger partial charge < -0.3 is 4.74 Å². The number of hydrogen-bond donors (Lipinski definition) is 1. The fraction of sp³-hybridized carbons (Fsp3) is 0.923. The van der Waals surface area contributed by atoms with E-state index in [-0.39, 0.29) is 11.6 Å². The standard InChI is InChI=1S/C13H22N2O/c1-2-3-12-8-13(10-14,6-7-16-12)15-9-11-4-5-11/h11-12,15H,2-9H2,1H3. The lowest BCUT2D eigenvalue weighted by molar-refractivity contribution is -0.0187. The van der Waals surface area contributed by atoms with E-state index in [0.717, 1.165) is 44.8 Å². The van der Waals surface area contributed by atoms with Crippen LogP contribution in [0.5, 0.6) is 0 Å². The summed E-state index contributed by atoms with van der Waals surface area (Å²) in [7, 11) is 0. The maximum Gasteiger partial charge on any atom is 0.111 e. The van der Waals surface area contributed by atoms with Crippen LogP contribution in [0.15, 0.2) is 0 Å². The molecule has 16 heavy (non-hydrogen) atoms. The van der Waals surface area contributed by atoms with Crippen LogP contribution in [-0.4, -0.2) is 24.8 Å². The highest BCUT2D eigenvalue weighted by Crippen LogP contribution is 2.31. The number of rotatable bonds is 5. The molecule has 1 N–H and O–H groups in total. The van der Waals surface area contributed by atoms with Gasteiger partial charge in [0.1, 0.15) is 5.54 Å². The molecule has 3 heteroatoms. The molecule has 2 fully saturated rings. The number of hydrogen-bond acceptors (Lipinski definition) is 3. The average molecular weight is 222 g/mol. The minimum absolute atomic E-state index is 0.283. The largest absolute Gasteiger partial charge is 0.378 e. The van der Waals surface area contributed by atoms with Gasteiger partial charge in [0, 0.05) is 19.4 Å². The first-order valence-electron chi connectivity index (χ1n) is 6.56. The summed E-state index contributed by atoms with van der Waals surface area (Å²) in [5.41, 5.74) is -0.305. The smallest absolute Gasteiger partial charge is 0.111 e. The number of nitrogens with zero attached hydrogens (tertiary/aromatic N) is 1. The summed E-state index contributed by atoms with van der Waals surface area (Å²) < 4.78 is 5.71. The third-order valence-electron chi connectivity index (χ3n) is 3.71. The van der Waals surface area contributed by atoms with Crippen molar-refractivity contribution in [2.75, 3.05) is 13.2 Å². The maximum atomic E-state index is 9.39. The Kier molecular flexibility index (Phi) is 3.83. The van der Waals surface area contributed by atoms with Gasteiger partial charge in [-0.25, -0.2) is 0 Å². The summed E-state index contributed by atoms with van der Waals surface area (Å²) >= 11 is 0. The third-order valence-corrected chi connectivity index (χ3v) is 3.71. The minimum atomic E-state index is -0.305. The molecule has 1 saturated carbocycles. The molecule has 90 valence electrons. The van der Waals surface area contributed by atoms with Gasteiger partial charge in [0.05, 0.1) is 12.2 Å². The Bertz CT molecular complexity index is 268. The third kappa shape index (κ3) is 2.96. The predicted octanol–water partition coefficient (Wildman–Crippen LogP) is 2.23. The Balaban J connectivity index is 1.87. The van der Waals surface area contributed by atoms with E-state index >= 15 is 0 Å². The van der Waals surface area contributed by atoms with Gasteiger partial charge in [0.2, 0.25) is 0 Å². The molecule has 1 saturated heterocycles. The van der Waals surface area contributed by atoms with E-state index in [4.69, 9.17) is 4.74 Å². The van der Waals surface area contributed by atoms with Crippen molar-refractivity contribution >= 4 is 0 Å². The molecule has 1 aliphatic heterocycles. The Morgan fingerprint density at radius 1 is 1.50 bits per heavy atom. The van der Waals surface area contributed by atoms with Crippen molar-refractivity contribution in [2.45, 2.75) is 57.1 Å². The normalized spacial score (nSPS) is 34.6. The molecule has 2 atom stereocenters. The van der Waals surface area contributed by atoms with Crippen LogP contribution in [0.4, 0.5) is 0 Å². The molecule has 0 spiro atoms. The van der Waals surface area contributed by atoms with Crippen LogP contribution in [0.1, 0.15) is 45.4 Å². The summed E-state index contributed by atoms with van der Waals surface area (Å²) in [6, 6.07) is 2.50. The van der Waals surface area contributed by atoms with E-state index in [1.54, 1.807) is 0 Å². The van der Waals surface area contributed by atoms with Gasteiger partial charge in [-0.1, -0.05) is 13.3 Å². The first-order chi connectivity index (χ1) is 7.78. The lowest BCUT2D eigenvalue weighted by Gasteiger charge is -2.36. The van der Waals surface area contributed by atoms with E-state index < -0.39 is 0 Å². The van der Waals surface area contributed by atoms with Crippen LogP contribution in [0.2, 0.25) is 0 Å². The second-order valence-electron chi connectivity index (χ2n) is 5.25. The molecule has 0 amide bonds. The number of nitrogens with one attached hydrogen (secondary N) is 1. The molecule has 2 aliphatic rings. The summed E-state index contributed by atoms with van der Waals surface area (Å²) in [4.78, 5) is 0. The van der Waals surface area contributed by atoms with Gasteiger partial charge in [-0.15, -0.1) is 0 Å². The van der Waals surface area contributed by atoms with Gasteiger partial charge in [0.15, 0.2) is 0 Å². The second kappa shape index (κ2) is 5.16. The average Bonchev–Trinajstić information content (AvgIpc) is 3.11. The zero-order valence-electron chi connectivity index (χ0n) is 10.2. The first kappa shape index (κ1) is 11.9. The highest BCUT2D eigenvalue weighted by atomic mass is 16.5. The second-order valence-corrected chi connectivity index (χ2v) is 5.25. The first-order valence-corrected chi connectivity index (χ1v) is 6.56. The lowest BCUT2D eigenvalue weighted by atomic mass is 9.86. The molecule has 0 radical (unpaired) electrons. The quantitative estimate of drug-likeness (QED) is 0.776. The van der Waals surface area contributed by atoms with Crippen molar-refractivity contribution < 1.29 is 4.74 Å². The summed E-state index contributed by atoms with van der Waals surface area (Å²) in [6.07, 6.45) is 6.88. The molecular formula is C13H22N2O. The molecule has 0 aromatic rings. The van der Waals surface area contributed by atoms with Crippen molar-refractivity contribution in [1.29, 1.82) is 5.26 Å². The summed E-state index contributed by atoms with van der Waals surface area (Å²) in [5, 5.41) is 12.9. The van der Waals surface area contributed by atoms with Crippen LogP contribution in [-0.2, 0) is 4.74 Å². The molecule has 3 nitrogen and oxygen atoms in total. The van der Waals surface area contributed by atoms with Crippen LogP contribution < -0.4 is 5.32 Å². The molecule has 0 aromatic heterocycles. The maximum absolute atomic E-state index is 9.39. The monoisotopic (exact) mass is 222 g/mol. The highest BCUT2D eigenvalue weighted by molar-refractivity contribution is 5.10. The van der Waals surface area contributed by atoms with Crippen molar-refractivity contribution in [1.82, 2.24) is 5.32 Å². The molecule has 0 bridgehead atoms. The molecule has 1 aliphatic carbocycles. The van der Waals surface area contributed by atoms with Gasteiger partial charge >= 0.3 is 0 Å². The topological polar surface area (TPSA) is 45.0 Å². The Labute approximate surface area is 98.2 Å². The van der Waals surface area contributed by atoms with E-state index in [0.29, 0.717) is 0 Å². The summed E-state index contributed by atoms with van der Waals surface area (Å²) in [6.45, 7) is 3.92. The Hall–Kier alpha value is -0.590. The van der Waals surface area contributed by atoms with E-state index in [9.17, 15) is 5.26 Å². The zero-order valence-corrected chi connectivity index (χ0v) is 10.2. The highest BCUT2D eigenvalue weighted by Gasteiger charge is 2.37. The lowest BCUT2D eigenvalue weighted by Crippen LogP contribution is -2.51. The van der Waals surface area contributed by atoms with Crippen LogP contribution >= 0.6 is 0 Å². The Morgan fingerprint density at radius 2 is 2.31 bits per heavy atom. The predicted molar refractivity (Wildman–Crippen MR) is 63.0 cm³/mol.